The Balaban J connectivity index is 1.94. The van der Waals surface area contributed by atoms with Crippen molar-refractivity contribution >= 4 is 11.0 Å². The number of hydrazine groups is 1. The zero-order valence-corrected chi connectivity index (χ0v) is 11.5. The third-order valence-electron chi connectivity index (χ3n) is 4.37. The summed E-state index contributed by atoms with van der Waals surface area (Å²) in [5, 5.41) is 1.17. The second-order valence-electron chi connectivity index (χ2n) is 5.68. The van der Waals surface area contributed by atoms with E-state index in [1.165, 1.54) is 43.1 Å². The van der Waals surface area contributed by atoms with Crippen LogP contribution in [0.1, 0.15) is 49.5 Å². The Morgan fingerprint density at radius 2 is 2.05 bits per heavy atom. The van der Waals surface area contributed by atoms with E-state index in [9.17, 15) is 0 Å². The number of nitrogens with two attached hydrogens (primary N) is 1. The third-order valence-corrected chi connectivity index (χ3v) is 4.37. The maximum atomic E-state index is 6.06. The summed E-state index contributed by atoms with van der Waals surface area (Å²) < 4.78 is 6.06. The van der Waals surface area contributed by atoms with Crippen molar-refractivity contribution in [2.75, 3.05) is 0 Å². The summed E-state index contributed by atoms with van der Waals surface area (Å²) in [6, 6.07) is 8.54. The first-order chi connectivity index (χ1) is 9.29. The van der Waals surface area contributed by atoms with Crippen LogP contribution in [0.2, 0.25) is 0 Å². The number of benzene rings is 1. The van der Waals surface area contributed by atoms with E-state index in [0.29, 0.717) is 5.92 Å². The van der Waals surface area contributed by atoms with Crippen molar-refractivity contribution in [3.05, 3.63) is 35.6 Å². The normalized spacial score (nSPS) is 18.8. The monoisotopic (exact) mass is 258 g/mol. The summed E-state index contributed by atoms with van der Waals surface area (Å²) in [5.74, 6) is 7.37. The molecule has 2 aromatic rings. The molecule has 3 heteroatoms. The molecule has 0 saturated heterocycles. The predicted octanol–water partition coefficient (Wildman–Crippen LogP) is 3.83. The van der Waals surface area contributed by atoms with Crippen molar-refractivity contribution in [3.63, 3.8) is 0 Å². The highest BCUT2D eigenvalue weighted by Gasteiger charge is 2.26. The first-order valence-electron chi connectivity index (χ1n) is 7.25. The van der Waals surface area contributed by atoms with Crippen LogP contribution < -0.4 is 11.3 Å². The SMILES string of the molecule is Cc1cccc2cc(C(NN)C3CCCCC3)oc12. The van der Waals surface area contributed by atoms with E-state index >= 15 is 0 Å². The fourth-order valence-corrected chi connectivity index (χ4v) is 3.30. The van der Waals surface area contributed by atoms with E-state index in [0.717, 1.165) is 11.3 Å². The molecule has 3 nitrogen and oxygen atoms in total. The molecule has 1 atom stereocenters. The van der Waals surface area contributed by atoms with Crippen molar-refractivity contribution in [2.45, 2.75) is 45.1 Å². The molecule has 1 aromatic heterocycles. The molecule has 3 N–H and O–H groups in total. The molecule has 102 valence electrons. The molecule has 1 aromatic carbocycles. The number of nitrogens with one attached hydrogen (secondary N) is 1. The minimum absolute atomic E-state index is 0.145. The highest BCUT2D eigenvalue weighted by atomic mass is 16.3. The summed E-state index contributed by atoms with van der Waals surface area (Å²) in [6.07, 6.45) is 6.45. The van der Waals surface area contributed by atoms with E-state index in [1.54, 1.807) is 0 Å². The molecule has 1 saturated carbocycles. The number of hydrogen-bond acceptors (Lipinski definition) is 3. The Morgan fingerprint density at radius 3 is 2.74 bits per heavy atom. The Kier molecular flexibility index (Phi) is 3.58. The van der Waals surface area contributed by atoms with E-state index in [2.05, 4.69) is 36.6 Å². The van der Waals surface area contributed by atoms with Gasteiger partial charge in [0.25, 0.3) is 0 Å². The van der Waals surface area contributed by atoms with Gasteiger partial charge in [-0.05, 0) is 37.3 Å². The summed E-state index contributed by atoms with van der Waals surface area (Å²) >= 11 is 0. The van der Waals surface area contributed by atoms with Crippen LogP contribution in [0.15, 0.2) is 28.7 Å². The zero-order valence-electron chi connectivity index (χ0n) is 11.5. The highest BCUT2D eigenvalue weighted by molar-refractivity contribution is 5.81. The van der Waals surface area contributed by atoms with Gasteiger partial charge in [0.1, 0.15) is 11.3 Å². The van der Waals surface area contributed by atoms with E-state index < -0.39 is 0 Å². The van der Waals surface area contributed by atoms with Crippen LogP contribution in [0, 0.1) is 12.8 Å². The number of aryl methyl sites for hydroxylation is 1. The van der Waals surface area contributed by atoms with Gasteiger partial charge < -0.3 is 4.42 Å². The predicted molar refractivity (Wildman–Crippen MR) is 77.6 cm³/mol. The minimum Gasteiger partial charge on any atom is -0.459 e. The van der Waals surface area contributed by atoms with Gasteiger partial charge in [0.05, 0.1) is 6.04 Å². The lowest BCUT2D eigenvalue weighted by Crippen LogP contribution is -2.34. The van der Waals surface area contributed by atoms with Gasteiger partial charge in [-0.1, -0.05) is 37.5 Å². The molecule has 0 radical (unpaired) electrons. The van der Waals surface area contributed by atoms with Crippen molar-refractivity contribution in [2.24, 2.45) is 11.8 Å². The molecule has 1 heterocycles. The summed E-state index contributed by atoms with van der Waals surface area (Å²) in [4.78, 5) is 0. The van der Waals surface area contributed by atoms with Crippen LogP contribution in [0.3, 0.4) is 0 Å². The molecule has 1 aliphatic rings. The molecule has 0 amide bonds. The highest BCUT2D eigenvalue weighted by Crippen LogP contribution is 2.36. The topological polar surface area (TPSA) is 51.2 Å². The van der Waals surface area contributed by atoms with Gasteiger partial charge in [0.2, 0.25) is 0 Å². The smallest absolute Gasteiger partial charge is 0.137 e. The first kappa shape index (κ1) is 12.7. The Bertz CT molecular complexity index is 555. The van der Waals surface area contributed by atoms with E-state index in [-0.39, 0.29) is 6.04 Å². The summed E-state index contributed by atoms with van der Waals surface area (Å²) in [6.45, 7) is 2.08. The third kappa shape index (κ3) is 2.40. The molecule has 1 aliphatic carbocycles. The van der Waals surface area contributed by atoms with Crippen LogP contribution in [0.5, 0.6) is 0 Å². The zero-order chi connectivity index (χ0) is 13.2. The maximum absolute atomic E-state index is 6.06. The number of rotatable bonds is 3. The summed E-state index contributed by atoms with van der Waals surface area (Å²) in [5.41, 5.74) is 5.15. The molecule has 1 fully saturated rings. The molecule has 0 spiro atoms. The minimum atomic E-state index is 0.145. The lowest BCUT2D eigenvalue weighted by atomic mass is 9.83. The van der Waals surface area contributed by atoms with Crippen molar-refractivity contribution in [1.29, 1.82) is 0 Å². The van der Waals surface area contributed by atoms with Crippen molar-refractivity contribution in [1.82, 2.24) is 5.43 Å². The Hall–Kier alpha value is -1.32. The quantitative estimate of drug-likeness (QED) is 0.650. The fraction of sp³-hybridized carbons (Fsp3) is 0.500. The van der Waals surface area contributed by atoms with Crippen molar-refractivity contribution < 1.29 is 4.42 Å². The van der Waals surface area contributed by atoms with Gasteiger partial charge in [0, 0.05) is 5.39 Å². The van der Waals surface area contributed by atoms with Gasteiger partial charge >= 0.3 is 0 Å². The molecule has 1 unspecified atom stereocenters. The fourth-order valence-electron chi connectivity index (χ4n) is 3.30. The molecule has 0 bridgehead atoms. The second kappa shape index (κ2) is 5.35. The van der Waals surface area contributed by atoms with Crippen LogP contribution in [0.4, 0.5) is 0 Å². The molecular formula is C16H22N2O. The standard InChI is InChI=1S/C16H22N2O/c1-11-6-5-9-13-10-14(19-16(11)13)15(18-17)12-7-3-2-4-8-12/h5-6,9-10,12,15,18H,2-4,7-8,17H2,1H3. The van der Waals surface area contributed by atoms with Crippen LogP contribution >= 0.6 is 0 Å². The second-order valence-corrected chi connectivity index (χ2v) is 5.68. The van der Waals surface area contributed by atoms with Gasteiger partial charge in [0.15, 0.2) is 0 Å². The lowest BCUT2D eigenvalue weighted by Gasteiger charge is -2.28. The van der Waals surface area contributed by atoms with E-state index in [1.807, 2.05) is 0 Å². The van der Waals surface area contributed by atoms with Gasteiger partial charge in [-0.2, -0.15) is 0 Å². The average Bonchev–Trinajstić information content (AvgIpc) is 2.86. The Morgan fingerprint density at radius 1 is 1.26 bits per heavy atom. The average molecular weight is 258 g/mol. The van der Waals surface area contributed by atoms with Crippen LogP contribution in [-0.4, -0.2) is 0 Å². The number of fused-ring (bicyclic) bond motifs is 1. The molecule has 19 heavy (non-hydrogen) atoms. The molecule has 0 aliphatic heterocycles. The molecular weight excluding hydrogens is 236 g/mol. The number of para-hydroxylation sites is 1. The Labute approximate surface area is 114 Å². The first-order valence-corrected chi connectivity index (χ1v) is 7.25. The van der Waals surface area contributed by atoms with Crippen molar-refractivity contribution in [3.8, 4) is 0 Å². The number of hydrogen-bond donors (Lipinski definition) is 2. The van der Waals surface area contributed by atoms with Gasteiger partial charge in [-0.3, -0.25) is 5.84 Å². The van der Waals surface area contributed by atoms with Gasteiger partial charge in [-0.15, -0.1) is 0 Å². The van der Waals surface area contributed by atoms with Gasteiger partial charge in [-0.25, -0.2) is 5.43 Å². The molecule has 3 rings (SSSR count). The summed E-state index contributed by atoms with van der Waals surface area (Å²) in [7, 11) is 0. The largest absolute Gasteiger partial charge is 0.459 e. The lowest BCUT2D eigenvalue weighted by molar-refractivity contribution is 0.249. The maximum Gasteiger partial charge on any atom is 0.137 e. The number of furan rings is 1. The van der Waals surface area contributed by atoms with Crippen LogP contribution in [-0.2, 0) is 0 Å². The van der Waals surface area contributed by atoms with Crippen LogP contribution in [0.25, 0.3) is 11.0 Å². The van der Waals surface area contributed by atoms with E-state index in [4.69, 9.17) is 10.3 Å².